The second kappa shape index (κ2) is 9.01. The topological polar surface area (TPSA) is 62.1 Å². The zero-order valence-corrected chi connectivity index (χ0v) is 17.2. The average molecular weight is 445 g/mol. The molecule has 4 rings (SSSR count). The molecule has 0 radical (unpaired) electrons. The van der Waals surface area contributed by atoms with E-state index in [0.717, 1.165) is 16.5 Å². The van der Waals surface area contributed by atoms with Gasteiger partial charge in [-0.25, -0.2) is 4.98 Å². The molecule has 0 amide bonds. The minimum atomic E-state index is -2.97. The van der Waals surface area contributed by atoms with Gasteiger partial charge in [-0.3, -0.25) is 0 Å². The summed E-state index contributed by atoms with van der Waals surface area (Å²) in [6, 6.07) is 14.4. The van der Waals surface area contributed by atoms with E-state index in [-0.39, 0.29) is 5.75 Å². The molecule has 2 aromatic carbocycles. The lowest BCUT2D eigenvalue weighted by Gasteiger charge is -2.13. The SMILES string of the molecule is CNCc1cn([S+]([O-])c2cccc(OC(F)F)c2)c2cc(-c3ccnc(F)c3)ccc12. The zero-order valence-electron chi connectivity index (χ0n) is 16.4. The van der Waals surface area contributed by atoms with Crippen LogP contribution in [-0.2, 0) is 17.9 Å². The molecule has 2 heterocycles. The molecule has 0 aliphatic carbocycles. The van der Waals surface area contributed by atoms with E-state index >= 15 is 0 Å². The van der Waals surface area contributed by atoms with Crippen LogP contribution in [0.4, 0.5) is 13.2 Å². The third-order valence-corrected chi connectivity index (χ3v) is 6.01. The highest BCUT2D eigenvalue weighted by Gasteiger charge is 2.21. The minimum Gasteiger partial charge on any atom is -0.587 e. The van der Waals surface area contributed by atoms with E-state index in [4.69, 9.17) is 0 Å². The van der Waals surface area contributed by atoms with Crippen molar-refractivity contribution in [2.24, 2.45) is 0 Å². The van der Waals surface area contributed by atoms with Crippen LogP contribution in [0.25, 0.3) is 22.0 Å². The van der Waals surface area contributed by atoms with Gasteiger partial charge in [-0.1, -0.05) is 18.2 Å². The monoisotopic (exact) mass is 445 g/mol. The number of ether oxygens (including phenoxy) is 1. The number of fused-ring (bicyclic) bond motifs is 1. The Kier molecular flexibility index (Phi) is 6.17. The molecule has 2 aromatic heterocycles. The van der Waals surface area contributed by atoms with Crippen molar-refractivity contribution in [2.75, 3.05) is 7.05 Å². The van der Waals surface area contributed by atoms with Crippen molar-refractivity contribution in [1.29, 1.82) is 0 Å². The Morgan fingerprint density at radius 2 is 1.94 bits per heavy atom. The largest absolute Gasteiger partial charge is 0.587 e. The first-order chi connectivity index (χ1) is 15.0. The summed E-state index contributed by atoms with van der Waals surface area (Å²) in [6.07, 6.45) is 3.14. The van der Waals surface area contributed by atoms with Gasteiger partial charge in [0.05, 0.1) is 11.7 Å². The predicted molar refractivity (Wildman–Crippen MR) is 113 cm³/mol. The Labute approximate surface area is 179 Å². The van der Waals surface area contributed by atoms with E-state index in [1.165, 1.54) is 30.5 Å². The highest BCUT2D eigenvalue weighted by Crippen LogP contribution is 2.31. The number of benzene rings is 2. The second-order valence-electron chi connectivity index (χ2n) is 6.71. The van der Waals surface area contributed by atoms with Crippen LogP contribution in [0.2, 0.25) is 0 Å². The normalized spacial score (nSPS) is 12.5. The van der Waals surface area contributed by atoms with Crippen LogP contribution in [0.1, 0.15) is 5.56 Å². The number of nitrogens with one attached hydrogen (secondary N) is 1. The van der Waals surface area contributed by atoms with Gasteiger partial charge >= 0.3 is 6.61 Å². The van der Waals surface area contributed by atoms with E-state index in [1.807, 2.05) is 18.2 Å². The first kappa shape index (κ1) is 21.2. The average Bonchev–Trinajstić information content (AvgIpc) is 3.11. The van der Waals surface area contributed by atoms with Crippen molar-refractivity contribution in [1.82, 2.24) is 14.3 Å². The van der Waals surface area contributed by atoms with Gasteiger partial charge in [0.2, 0.25) is 5.95 Å². The van der Waals surface area contributed by atoms with E-state index < -0.39 is 23.9 Å². The number of pyridine rings is 1. The fourth-order valence-electron chi connectivity index (χ4n) is 3.37. The highest BCUT2D eigenvalue weighted by molar-refractivity contribution is 7.90. The van der Waals surface area contributed by atoms with Gasteiger partial charge in [0.25, 0.3) is 0 Å². The second-order valence-corrected chi connectivity index (χ2v) is 8.08. The van der Waals surface area contributed by atoms with Crippen LogP contribution in [0.5, 0.6) is 5.75 Å². The first-order valence-corrected chi connectivity index (χ1v) is 10.4. The van der Waals surface area contributed by atoms with Gasteiger partial charge in [0.1, 0.15) is 17.1 Å². The molecule has 0 aliphatic rings. The lowest BCUT2D eigenvalue weighted by molar-refractivity contribution is -0.0499. The third kappa shape index (κ3) is 4.53. The van der Waals surface area contributed by atoms with Gasteiger partial charge < -0.3 is 14.6 Å². The van der Waals surface area contributed by atoms with E-state index in [1.54, 1.807) is 29.3 Å². The summed E-state index contributed by atoms with van der Waals surface area (Å²) >= 11 is -1.72. The summed E-state index contributed by atoms with van der Waals surface area (Å²) in [5.74, 6) is -0.663. The molecular formula is C22H18F3N3O2S. The number of nitrogens with zero attached hydrogens (tertiary/aromatic N) is 2. The van der Waals surface area contributed by atoms with Crippen LogP contribution in [-0.4, -0.2) is 27.2 Å². The number of hydrogen-bond acceptors (Lipinski definition) is 4. The van der Waals surface area contributed by atoms with Gasteiger partial charge in [-0.05, 0) is 48.0 Å². The molecule has 0 saturated carbocycles. The van der Waals surface area contributed by atoms with Crippen LogP contribution in [0.15, 0.2) is 71.9 Å². The fourth-order valence-corrected chi connectivity index (χ4v) is 4.56. The van der Waals surface area contributed by atoms with Crippen molar-refractivity contribution in [2.45, 2.75) is 18.1 Å². The Hall–Kier alpha value is -3.01. The fraction of sp³-hybridized carbons (Fsp3) is 0.136. The Morgan fingerprint density at radius 1 is 1.13 bits per heavy atom. The smallest absolute Gasteiger partial charge is 0.387 e. The number of hydrogen-bond donors (Lipinski definition) is 1. The van der Waals surface area contributed by atoms with E-state index in [9.17, 15) is 17.7 Å². The van der Waals surface area contributed by atoms with Crippen molar-refractivity contribution in [3.8, 4) is 16.9 Å². The van der Waals surface area contributed by atoms with Crippen molar-refractivity contribution >= 4 is 22.3 Å². The summed E-state index contributed by atoms with van der Waals surface area (Å²) in [5, 5.41) is 3.96. The van der Waals surface area contributed by atoms with Gasteiger partial charge in [-0.2, -0.15) is 17.1 Å². The molecule has 0 bridgehead atoms. The third-order valence-electron chi connectivity index (χ3n) is 4.69. The maximum Gasteiger partial charge on any atom is 0.387 e. The van der Waals surface area contributed by atoms with Crippen LogP contribution in [0.3, 0.4) is 0 Å². The lowest BCUT2D eigenvalue weighted by atomic mass is 10.0. The summed E-state index contributed by atoms with van der Waals surface area (Å²) in [4.78, 5) is 3.89. The summed E-state index contributed by atoms with van der Waals surface area (Å²) in [6.45, 7) is -2.43. The van der Waals surface area contributed by atoms with Crippen LogP contribution >= 0.6 is 0 Å². The molecule has 160 valence electrons. The van der Waals surface area contributed by atoms with Crippen LogP contribution in [0, 0.1) is 5.95 Å². The molecule has 0 spiro atoms. The standard InChI is InChI=1S/C22H18F3N3O2S/c1-26-12-16-13-28(31(29)18-4-2-3-17(11-18)30-22(24)25)20-9-14(5-6-19(16)20)15-7-8-27-21(23)10-15/h2-11,13,22,26H,12H2,1H3. The lowest BCUT2D eigenvalue weighted by Crippen LogP contribution is -2.13. The number of rotatable bonds is 7. The zero-order chi connectivity index (χ0) is 22.0. The molecule has 1 atom stereocenters. The van der Waals surface area contributed by atoms with Crippen molar-refractivity contribution in [3.63, 3.8) is 0 Å². The Morgan fingerprint density at radius 3 is 2.68 bits per heavy atom. The van der Waals surface area contributed by atoms with Gasteiger partial charge in [-0.15, -0.1) is 0 Å². The molecule has 0 saturated heterocycles. The maximum atomic E-state index is 13.6. The first-order valence-electron chi connectivity index (χ1n) is 9.34. The molecule has 0 fully saturated rings. The van der Waals surface area contributed by atoms with Gasteiger partial charge in [0, 0.05) is 30.3 Å². The quantitative estimate of drug-likeness (QED) is 0.330. The molecule has 1 unspecified atom stereocenters. The van der Waals surface area contributed by atoms with E-state index in [2.05, 4.69) is 15.0 Å². The van der Waals surface area contributed by atoms with E-state index in [0.29, 0.717) is 22.5 Å². The van der Waals surface area contributed by atoms with Crippen molar-refractivity contribution in [3.05, 3.63) is 78.5 Å². The molecule has 5 nitrogen and oxygen atoms in total. The summed E-state index contributed by atoms with van der Waals surface area (Å²) < 4.78 is 58.1. The number of alkyl halides is 2. The maximum absolute atomic E-state index is 13.6. The van der Waals surface area contributed by atoms with Crippen molar-refractivity contribution < 1.29 is 22.5 Å². The molecule has 1 N–H and O–H groups in total. The predicted octanol–water partition coefficient (Wildman–Crippen LogP) is 4.73. The molecule has 9 heteroatoms. The molecular weight excluding hydrogens is 427 g/mol. The number of aromatic nitrogens is 2. The summed E-state index contributed by atoms with van der Waals surface area (Å²) in [7, 11) is 1.80. The minimum absolute atomic E-state index is 0.0688. The highest BCUT2D eigenvalue weighted by atomic mass is 32.2. The van der Waals surface area contributed by atoms with Crippen LogP contribution < -0.4 is 10.1 Å². The summed E-state index contributed by atoms with van der Waals surface area (Å²) in [5.41, 5.74) is 2.95. The van der Waals surface area contributed by atoms with Gasteiger partial charge in [0.15, 0.2) is 4.90 Å². The Bertz CT molecular complexity index is 1220. The number of halogens is 3. The Balaban J connectivity index is 1.81. The molecule has 0 aliphatic heterocycles. The molecule has 4 aromatic rings. The molecule has 31 heavy (non-hydrogen) atoms.